The molecule has 0 aliphatic carbocycles. The topological polar surface area (TPSA) is 58.2 Å². The van der Waals surface area contributed by atoms with Gasteiger partial charge in [-0.25, -0.2) is 8.78 Å². The number of nitrogens with one attached hydrogen (secondary N) is 2. The minimum atomic E-state index is -1.05. The molecule has 4 nitrogen and oxygen atoms in total. The standard InChI is InChI=1S/C12H14F2N2O2/c1-12(2,3)16-11(18)10(17)15-9-6-7(13)4-5-8(9)14/h4-6H,1-3H3,(H,15,17)(H,16,18). The Balaban J connectivity index is 2.76. The smallest absolute Gasteiger partial charge is 0.313 e. The molecule has 0 unspecified atom stereocenters. The molecule has 6 heteroatoms. The molecule has 0 spiro atoms. The number of hydrogen-bond donors (Lipinski definition) is 2. The van der Waals surface area contributed by atoms with E-state index in [1.165, 1.54) is 0 Å². The van der Waals surface area contributed by atoms with Crippen molar-refractivity contribution in [3.05, 3.63) is 29.8 Å². The van der Waals surface area contributed by atoms with Crippen LogP contribution in [-0.2, 0) is 9.59 Å². The van der Waals surface area contributed by atoms with Gasteiger partial charge in [0.1, 0.15) is 11.6 Å². The summed E-state index contributed by atoms with van der Waals surface area (Å²) in [5.41, 5.74) is -0.960. The van der Waals surface area contributed by atoms with Crippen LogP contribution in [0.2, 0.25) is 0 Å². The fraction of sp³-hybridized carbons (Fsp3) is 0.333. The Morgan fingerprint density at radius 3 is 2.28 bits per heavy atom. The number of benzene rings is 1. The summed E-state index contributed by atoms with van der Waals surface area (Å²) in [5, 5.41) is 4.41. The second-order valence-corrected chi connectivity index (χ2v) is 4.78. The Kier molecular flexibility index (Phi) is 4.00. The van der Waals surface area contributed by atoms with E-state index in [1.54, 1.807) is 20.8 Å². The van der Waals surface area contributed by atoms with E-state index in [9.17, 15) is 18.4 Å². The molecular formula is C12H14F2N2O2. The highest BCUT2D eigenvalue weighted by Crippen LogP contribution is 2.15. The van der Waals surface area contributed by atoms with Gasteiger partial charge in [-0.3, -0.25) is 9.59 Å². The van der Waals surface area contributed by atoms with E-state index in [2.05, 4.69) is 5.32 Å². The molecule has 18 heavy (non-hydrogen) atoms. The molecule has 0 bridgehead atoms. The van der Waals surface area contributed by atoms with Crippen molar-refractivity contribution >= 4 is 17.5 Å². The molecule has 0 saturated heterocycles. The van der Waals surface area contributed by atoms with Crippen LogP contribution in [-0.4, -0.2) is 17.4 Å². The van der Waals surface area contributed by atoms with E-state index in [-0.39, 0.29) is 5.69 Å². The number of rotatable bonds is 1. The van der Waals surface area contributed by atoms with Gasteiger partial charge in [-0.1, -0.05) is 0 Å². The Labute approximate surface area is 103 Å². The van der Waals surface area contributed by atoms with Crippen molar-refractivity contribution in [1.82, 2.24) is 5.32 Å². The first-order valence-electron chi connectivity index (χ1n) is 5.27. The Morgan fingerprint density at radius 2 is 1.72 bits per heavy atom. The van der Waals surface area contributed by atoms with Gasteiger partial charge in [0, 0.05) is 11.6 Å². The second-order valence-electron chi connectivity index (χ2n) is 4.78. The van der Waals surface area contributed by atoms with Crippen LogP contribution in [0.25, 0.3) is 0 Å². The molecule has 0 fully saturated rings. The molecule has 2 N–H and O–H groups in total. The van der Waals surface area contributed by atoms with Gasteiger partial charge in [-0.2, -0.15) is 0 Å². The van der Waals surface area contributed by atoms with E-state index in [1.807, 2.05) is 5.32 Å². The van der Waals surface area contributed by atoms with Gasteiger partial charge >= 0.3 is 11.8 Å². The van der Waals surface area contributed by atoms with Gasteiger partial charge in [0.05, 0.1) is 5.69 Å². The lowest BCUT2D eigenvalue weighted by Crippen LogP contribution is -2.46. The summed E-state index contributed by atoms with van der Waals surface area (Å²) >= 11 is 0. The minimum absolute atomic E-state index is 0.371. The lowest BCUT2D eigenvalue weighted by atomic mass is 10.1. The van der Waals surface area contributed by atoms with Gasteiger partial charge in [0.2, 0.25) is 0 Å². The van der Waals surface area contributed by atoms with Crippen molar-refractivity contribution in [1.29, 1.82) is 0 Å². The third kappa shape index (κ3) is 4.12. The first-order valence-corrected chi connectivity index (χ1v) is 5.27. The van der Waals surface area contributed by atoms with Crippen LogP contribution in [0, 0.1) is 11.6 Å². The summed E-state index contributed by atoms with van der Waals surface area (Å²) in [5.74, 6) is -3.48. The summed E-state index contributed by atoms with van der Waals surface area (Å²) in [4.78, 5) is 22.9. The normalized spacial score (nSPS) is 10.9. The summed E-state index contributed by atoms with van der Waals surface area (Å²) in [7, 11) is 0. The quantitative estimate of drug-likeness (QED) is 0.753. The van der Waals surface area contributed by atoms with Crippen LogP contribution in [0.15, 0.2) is 18.2 Å². The Bertz CT molecular complexity index is 481. The molecule has 2 amide bonds. The van der Waals surface area contributed by atoms with Crippen LogP contribution >= 0.6 is 0 Å². The maximum absolute atomic E-state index is 13.2. The summed E-state index contributed by atoms with van der Waals surface area (Å²) in [6, 6.07) is 2.59. The van der Waals surface area contributed by atoms with E-state index in [4.69, 9.17) is 0 Å². The van der Waals surface area contributed by atoms with Gasteiger partial charge < -0.3 is 10.6 Å². The summed E-state index contributed by atoms with van der Waals surface area (Å²) in [6.45, 7) is 5.09. The van der Waals surface area contributed by atoms with Crippen LogP contribution in [0.4, 0.5) is 14.5 Å². The highest BCUT2D eigenvalue weighted by Gasteiger charge is 2.21. The van der Waals surface area contributed by atoms with E-state index < -0.39 is 29.0 Å². The van der Waals surface area contributed by atoms with Crippen LogP contribution in [0.5, 0.6) is 0 Å². The molecule has 0 aliphatic heterocycles. The number of anilines is 1. The monoisotopic (exact) mass is 256 g/mol. The Hall–Kier alpha value is -1.98. The molecule has 0 saturated carbocycles. The second kappa shape index (κ2) is 5.12. The lowest BCUT2D eigenvalue weighted by molar-refractivity contribution is -0.137. The molecule has 0 aromatic heterocycles. The SMILES string of the molecule is CC(C)(C)NC(=O)C(=O)Nc1cc(F)ccc1F. The van der Waals surface area contributed by atoms with Gasteiger partial charge in [-0.15, -0.1) is 0 Å². The van der Waals surface area contributed by atoms with Crippen LogP contribution in [0.1, 0.15) is 20.8 Å². The van der Waals surface area contributed by atoms with E-state index >= 15 is 0 Å². The third-order valence-corrected chi connectivity index (χ3v) is 1.87. The molecule has 98 valence electrons. The van der Waals surface area contributed by atoms with E-state index in [0.29, 0.717) is 0 Å². The van der Waals surface area contributed by atoms with Crippen LogP contribution in [0.3, 0.4) is 0 Å². The van der Waals surface area contributed by atoms with E-state index in [0.717, 1.165) is 18.2 Å². The predicted octanol–water partition coefficient (Wildman–Crippen LogP) is 1.82. The van der Waals surface area contributed by atoms with Crippen molar-refractivity contribution in [3.8, 4) is 0 Å². The summed E-state index contributed by atoms with van der Waals surface area (Å²) in [6.07, 6.45) is 0. The molecule has 1 aromatic rings. The average molecular weight is 256 g/mol. The first kappa shape index (κ1) is 14.1. The number of carbonyl (C=O) groups is 2. The lowest BCUT2D eigenvalue weighted by Gasteiger charge is -2.19. The third-order valence-electron chi connectivity index (χ3n) is 1.87. The van der Waals surface area contributed by atoms with Crippen molar-refractivity contribution in [2.24, 2.45) is 0 Å². The molecule has 0 radical (unpaired) electrons. The number of hydrogen-bond acceptors (Lipinski definition) is 2. The van der Waals surface area contributed by atoms with Crippen molar-refractivity contribution in [2.45, 2.75) is 26.3 Å². The molecule has 1 aromatic carbocycles. The van der Waals surface area contributed by atoms with Gasteiger partial charge in [-0.05, 0) is 32.9 Å². The highest BCUT2D eigenvalue weighted by atomic mass is 19.1. The fourth-order valence-corrected chi connectivity index (χ4v) is 1.17. The van der Waals surface area contributed by atoms with Crippen LogP contribution < -0.4 is 10.6 Å². The van der Waals surface area contributed by atoms with Crippen molar-refractivity contribution < 1.29 is 18.4 Å². The molecular weight excluding hydrogens is 242 g/mol. The highest BCUT2D eigenvalue weighted by molar-refractivity contribution is 6.39. The molecule has 1 rings (SSSR count). The minimum Gasteiger partial charge on any atom is -0.343 e. The number of halogens is 2. The zero-order valence-corrected chi connectivity index (χ0v) is 10.3. The summed E-state index contributed by atoms with van der Waals surface area (Å²) < 4.78 is 26.1. The molecule has 0 atom stereocenters. The zero-order chi connectivity index (χ0) is 13.9. The predicted molar refractivity (Wildman–Crippen MR) is 62.9 cm³/mol. The zero-order valence-electron chi connectivity index (χ0n) is 10.3. The first-order chi connectivity index (χ1) is 8.19. The van der Waals surface area contributed by atoms with Gasteiger partial charge in [0.25, 0.3) is 0 Å². The molecule has 0 aliphatic rings. The number of carbonyl (C=O) groups excluding carboxylic acids is 2. The fourth-order valence-electron chi connectivity index (χ4n) is 1.17. The maximum Gasteiger partial charge on any atom is 0.313 e. The van der Waals surface area contributed by atoms with Crippen molar-refractivity contribution in [2.75, 3.05) is 5.32 Å². The molecule has 0 heterocycles. The van der Waals surface area contributed by atoms with Gasteiger partial charge in [0.15, 0.2) is 0 Å². The van der Waals surface area contributed by atoms with Crippen molar-refractivity contribution in [3.63, 3.8) is 0 Å². The Morgan fingerprint density at radius 1 is 1.11 bits per heavy atom. The average Bonchev–Trinajstić information content (AvgIpc) is 2.21. The maximum atomic E-state index is 13.2. The number of amides is 2. The largest absolute Gasteiger partial charge is 0.343 e.